The highest BCUT2D eigenvalue weighted by molar-refractivity contribution is 6.32. The molecule has 2 aromatic rings. The molecule has 1 heterocycles. The van der Waals surface area contributed by atoms with Crippen molar-refractivity contribution in [3.8, 4) is 11.3 Å². The summed E-state index contributed by atoms with van der Waals surface area (Å²) in [5, 5.41) is 20.6. The summed E-state index contributed by atoms with van der Waals surface area (Å²) >= 11 is 5.74. The van der Waals surface area contributed by atoms with Crippen LogP contribution in [0.5, 0.6) is 0 Å². The Morgan fingerprint density at radius 1 is 1.26 bits per heavy atom. The number of nitro groups is 1. The Morgan fingerprint density at radius 2 is 1.95 bits per heavy atom. The third-order valence-electron chi connectivity index (χ3n) is 2.34. The number of nitrogens with one attached hydrogen (secondary N) is 1. The quantitative estimate of drug-likeness (QED) is 0.525. The highest BCUT2D eigenvalue weighted by atomic mass is 35.5. The number of aromatic nitrogens is 2. The predicted octanol–water partition coefficient (Wildman–Crippen LogP) is 2.27. The van der Waals surface area contributed by atoms with Gasteiger partial charge in [0.25, 0.3) is 5.69 Å². The molecule has 0 aliphatic rings. The van der Waals surface area contributed by atoms with Crippen LogP contribution in [0.2, 0.25) is 5.15 Å². The largest absolute Gasteiger partial charge is 0.326 e. The van der Waals surface area contributed by atoms with Gasteiger partial charge >= 0.3 is 0 Å². The number of halogens is 1. The van der Waals surface area contributed by atoms with Crippen LogP contribution in [0.4, 0.5) is 11.4 Å². The molecule has 7 nitrogen and oxygen atoms in total. The number of nitrogens with zero attached hydrogens (tertiary/aromatic N) is 3. The lowest BCUT2D eigenvalue weighted by Gasteiger charge is -2.04. The molecule has 2 rings (SSSR count). The Balaban J connectivity index is 2.38. The lowest BCUT2D eigenvalue weighted by atomic mass is 10.1. The monoisotopic (exact) mass is 278 g/mol. The van der Waals surface area contributed by atoms with Crippen LogP contribution in [0.3, 0.4) is 0 Å². The van der Waals surface area contributed by atoms with E-state index < -0.39 is 4.92 Å². The van der Waals surface area contributed by atoms with Crippen molar-refractivity contribution in [3.05, 3.63) is 45.6 Å². The first-order chi connectivity index (χ1) is 9.11. The molecule has 0 saturated carbocycles. The highest BCUT2D eigenvalue weighted by Crippen LogP contribution is 2.25. The molecule has 0 aliphatic heterocycles. The van der Waals surface area contributed by atoms with Crippen LogP contribution in [0.15, 0.2) is 30.3 Å². The lowest BCUT2D eigenvalue weighted by Crippen LogP contribution is -1.98. The standard InChI is InChI=1S/C11H7ClN4O3/c12-11-10(13-6-17)5-9(14-15-11)7-1-3-8(4-2-7)16(18)19/h1-6H,(H,13,14,17). The topological polar surface area (TPSA) is 98.0 Å². The summed E-state index contributed by atoms with van der Waals surface area (Å²) in [6, 6.07) is 7.34. The van der Waals surface area contributed by atoms with E-state index in [2.05, 4.69) is 15.5 Å². The minimum Gasteiger partial charge on any atom is -0.326 e. The van der Waals surface area contributed by atoms with E-state index in [1.165, 1.54) is 18.2 Å². The summed E-state index contributed by atoms with van der Waals surface area (Å²) in [7, 11) is 0. The zero-order chi connectivity index (χ0) is 13.8. The number of amides is 1. The Kier molecular flexibility index (Phi) is 3.67. The van der Waals surface area contributed by atoms with Crippen LogP contribution in [0.25, 0.3) is 11.3 Å². The van der Waals surface area contributed by atoms with Crippen molar-refractivity contribution in [2.75, 3.05) is 5.32 Å². The summed E-state index contributed by atoms with van der Waals surface area (Å²) in [4.78, 5) is 20.5. The minimum absolute atomic E-state index is 0.0167. The Morgan fingerprint density at radius 3 is 2.53 bits per heavy atom. The molecule has 0 bridgehead atoms. The third kappa shape index (κ3) is 2.83. The SMILES string of the molecule is O=CNc1cc(-c2ccc([N+](=O)[O-])cc2)nnc1Cl. The number of carbonyl (C=O) groups excluding carboxylic acids is 1. The number of nitro benzene ring substituents is 1. The first kappa shape index (κ1) is 12.9. The van der Waals surface area contributed by atoms with Crippen LogP contribution in [0, 0.1) is 10.1 Å². The highest BCUT2D eigenvalue weighted by Gasteiger charge is 2.09. The second-order valence-electron chi connectivity index (χ2n) is 3.50. The molecule has 1 amide bonds. The first-order valence-corrected chi connectivity index (χ1v) is 5.48. The molecule has 1 aromatic carbocycles. The van der Waals surface area contributed by atoms with E-state index in [0.29, 0.717) is 23.4 Å². The molecule has 1 N–H and O–H groups in total. The molecule has 0 unspecified atom stereocenters. The normalized spacial score (nSPS) is 9.95. The Bertz CT molecular complexity index is 630. The molecule has 96 valence electrons. The summed E-state index contributed by atoms with van der Waals surface area (Å²) in [5.74, 6) is 0. The Hall–Kier alpha value is -2.54. The van der Waals surface area contributed by atoms with Crippen molar-refractivity contribution < 1.29 is 9.72 Å². The van der Waals surface area contributed by atoms with Crippen molar-refractivity contribution >= 4 is 29.4 Å². The summed E-state index contributed by atoms with van der Waals surface area (Å²) in [6.45, 7) is 0. The fourth-order valence-electron chi connectivity index (χ4n) is 1.44. The predicted molar refractivity (Wildman–Crippen MR) is 68.8 cm³/mol. The fourth-order valence-corrected chi connectivity index (χ4v) is 1.58. The van der Waals surface area contributed by atoms with E-state index in [9.17, 15) is 14.9 Å². The third-order valence-corrected chi connectivity index (χ3v) is 2.62. The van der Waals surface area contributed by atoms with Crippen LogP contribution in [0.1, 0.15) is 0 Å². The van der Waals surface area contributed by atoms with Crippen molar-refractivity contribution in [2.45, 2.75) is 0 Å². The number of benzene rings is 1. The van der Waals surface area contributed by atoms with Gasteiger partial charge in [0.05, 0.1) is 16.3 Å². The summed E-state index contributed by atoms with van der Waals surface area (Å²) in [6.07, 6.45) is 0.475. The van der Waals surface area contributed by atoms with Crippen molar-refractivity contribution in [1.29, 1.82) is 0 Å². The minimum atomic E-state index is -0.489. The molecule has 0 aliphatic carbocycles. The number of hydrogen-bond acceptors (Lipinski definition) is 5. The van der Waals surface area contributed by atoms with Crippen molar-refractivity contribution in [1.82, 2.24) is 10.2 Å². The number of rotatable bonds is 4. The number of hydrogen-bond donors (Lipinski definition) is 1. The zero-order valence-corrected chi connectivity index (χ0v) is 10.2. The lowest BCUT2D eigenvalue weighted by molar-refractivity contribution is -0.384. The van der Waals surface area contributed by atoms with Crippen LogP contribution in [-0.2, 0) is 4.79 Å². The van der Waals surface area contributed by atoms with Gasteiger partial charge in [-0.25, -0.2) is 0 Å². The first-order valence-electron chi connectivity index (χ1n) is 5.10. The summed E-state index contributed by atoms with van der Waals surface area (Å²) < 4.78 is 0. The van der Waals surface area contributed by atoms with E-state index in [1.54, 1.807) is 12.1 Å². The molecule has 0 spiro atoms. The fraction of sp³-hybridized carbons (Fsp3) is 0. The molecule has 0 saturated heterocycles. The number of anilines is 1. The van der Waals surface area contributed by atoms with Gasteiger partial charge in [0.15, 0.2) is 5.15 Å². The van der Waals surface area contributed by atoms with Gasteiger partial charge in [0.1, 0.15) is 0 Å². The van der Waals surface area contributed by atoms with Gasteiger partial charge in [-0.3, -0.25) is 14.9 Å². The van der Waals surface area contributed by atoms with Gasteiger partial charge in [-0.05, 0) is 18.2 Å². The molecule has 8 heteroatoms. The average Bonchev–Trinajstić information content (AvgIpc) is 2.41. The van der Waals surface area contributed by atoms with E-state index in [0.717, 1.165) is 0 Å². The van der Waals surface area contributed by atoms with Crippen LogP contribution < -0.4 is 5.32 Å². The van der Waals surface area contributed by atoms with Gasteiger partial charge < -0.3 is 5.32 Å². The smallest absolute Gasteiger partial charge is 0.269 e. The molecule has 19 heavy (non-hydrogen) atoms. The van der Waals surface area contributed by atoms with Crippen molar-refractivity contribution in [2.24, 2.45) is 0 Å². The maximum atomic E-state index is 10.5. The van der Waals surface area contributed by atoms with E-state index >= 15 is 0 Å². The Labute approximate surface area is 112 Å². The molecule has 0 fully saturated rings. The van der Waals surface area contributed by atoms with Gasteiger partial charge in [-0.2, -0.15) is 0 Å². The van der Waals surface area contributed by atoms with Gasteiger partial charge in [-0.1, -0.05) is 11.6 Å². The molecular formula is C11H7ClN4O3. The molecule has 1 aromatic heterocycles. The van der Waals surface area contributed by atoms with Crippen molar-refractivity contribution in [3.63, 3.8) is 0 Å². The number of non-ortho nitro benzene ring substituents is 1. The van der Waals surface area contributed by atoms with Crippen LogP contribution in [-0.4, -0.2) is 21.5 Å². The maximum absolute atomic E-state index is 10.5. The second kappa shape index (κ2) is 5.40. The van der Waals surface area contributed by atoms with Gasteiger partial charge in [0, 0.05) is 17.7 Å². The molecule has 0 radical (unpaired) electrons. The molecular weight excluding hydrogens is 272 g/mol. The molecule has 0 atom stereocenters. The van der Waals surface area contributed by atoms with Gasteiger partial charge in [-0.15, -0.1) is 10.2 Å². The summed E-state index contributed by atoms with van der Waals surface area (Å²) in [5.41, 5.74) is 1.38. The maximum Gasteiger partial charge on any atom is 0.269 e. The average molecular weight is 279 g/mol. The van der Waals surface area contributed by atoms with E-state index in [-0.39, 0.29) is 10.8 Å². The number of carbonyl (C=O) groups is 1. The van der Waals surface area contributed by atoms with E-state index in [4.69, 9.17) is 11.6 Å². The zero-order valence-electron chi connectivity index (χ0n) is 9.41. The van der Waals surface area contributed by atoms with Gasteiger partial charge in [0.2, 0.25) is 6.41 Å². The second-order valence-corrected chi connectivity index (χ2v) is 3.86. The van der Waals surface area contributed by atoms with Crippen LogP contribution >= 0.6 is 11.6 Å². The van der Waals surface area contributed by atoms with E-state index in [1.807, 2.05) is 0 Å².